The van der Waals surface area contributed by atoms with E-state index in [2.05, 4.69) is 286 Å². The first kappa shape index (κ1) is 45.6. The van der Waals surface area contributed by atoms with Crippen molar-refractivity contribution in [2.24, 2.45) is 0 Å². The molecule has 1 spiro atoms. The summed E-state index contributed by atoms with van der Waals surface area (Å²) < 4.78 is 0. The molecule has 0 aliphatic heterocycles. The van der Waals surface area contributed by atoms with Crippen molar-refractivity contribution in [3.8, 4) is 55.6 Å². The molecule has 0 saturated heterocycles. The lowest BCUT2D eigenvalue weighted by molar-refractivity contribution is 0.586. The Balaban J connectivity index is 1.06. The lowest BCUT2D eigenvalue weighted by atomic mass is 9.69. The van der Waals surface area contributed by atoms with Crippen molar-refractivity contribution in [1.82, 2.24) is 0 Å². The highest BCUT2D eigenvalue weighted by molar-refractivity contribution is 6.02. The van der Waals surface area contributed by atoms with E-state index in [0.29, 0.717) is 0 Å². The van der Waals surface area contributed by atoms with Crippen LogP contribution in [0.5, 0.6) is 0 Å². The van der Waals surface area contributed by atoms with Gasteiger partial charge in [-0.05, 0) is 159 Å². The molecule has 4 aliphatic rings. The smallest absolute Gasteiger partial charge is 0.0726 e. The molecule has 0 radical (unpaired) electrons. The normalized spacial score (nSPS) is 16.6. The quantitative estimate of drug-likeness (QED) is 0.166. The van der Waals surface area contributed by atoms with Gasteiger partial charge < -0.3 is 4.90 Å². The molecule has 1 atom stereocenters. The third kappa shape index (κ3) is 6.25. The SMILES string of the molecule is CC(C)(C)c1ccc2c(c1)C1(c3cc(C(C)(C)C)ccc3-2)c2ccccc2-c2c(N(c3cccc(-c4cccc5c4C(C)(C)c4ccccc4-5)c3)c3ccc4c(c3)C(C)(c3ccccc3)c3ccccc3-4)cccc21. The minimum Gasteiger partial charge on any atom is -0.310 e. The molecule has 0 aromatic heterocycles. The number of nitrogens with zero attached hydrogens (tertiary/aromatic N) is 1. The van der Waals surface area contributed by atoms with Crippen LogP contribution in [0.4, 0.5) is 17.1 Å². The predicted octanol–water partition coefficient (Wildman–Crippen LogP) is 19.4. The Kier molecular flexibility index (Phi) is 9.58. The second kappa shape index (κ2) is 15.8. The van der Waals surface area contributed by atoms with Gasteiger partial charge in [-0.25, -0.2) is 0 Å². The fourth-order valence-corrected chi connectivity index (χ4v) is 14.4. The van der Waals surface area contributed by atoms with Crippen molar-refractivity contribution < 1.29 is 0 Å². The van der Waals surface area contributed by atoms with Crippen molar-refractivity contribution in [2.75, 3.05) is 4.90 Å². The standard InChI is InChI=1S/C74H63N/c1-70(2,3)48-36-39-56-57-40-37-49(71(4,5)6)44-66(57)74(65(56)43-48)62-33-18-15-28-59(62)68-63(74)34-21-35-67(68)75(51-38-41-55-53-26-14-17-32-61(53)73(9,64(55)45-51)47-23-11-10-12-24-47)50-25-19-22-46(42-50)52-29-20-30-58-54-27-13-16-31-60(54)72(7,8)69(52)58/h10-45H,1-9H3. The van der Waals surface area contributed by atoms with E-state index in [9.17, 15) is 0 Å². The lowest BCUT2D eigenvalue weighted by Gasteiger charge is -2.34. The Bertz CT molecular complexity index is 3960. The molecule has 1 heteroatoms. The molecule has 4 aliphatic carbocycles. The summed E-state index contributed by atoms with van der Waals surface area (Å²) in [6.45, 7) is 21.3. The first-order valence-corrected chi connectivity index (χ1v) is 27.1. The topological polar surface area (TPSA) is 3.24 Å². The third-order valence-corrected chi connectivity index (χ3v) is 18.1. The maximum absolute atomic E-state index is 2.60. The minimum absolute atomic E-state index is 0.0372. The first-order chi connectivity index (χ1) is 36.1. The summed E-state index contributed by atoms with van der Waals surface area (Å²) in [5.41, 5.74) is 30.1. The molecule has 1 nitrogen and oxygen atoms in total. The van der Waals surface area contributed by atoms with Gasteiger partial charge in [-0.1, -0.05) is 243 Å². The maximum atomic E-state index is 2.60. The number of fused-ring (bicyclic) bond motifs is 16. The zero-order valence-electron chi connectivity index (χ0n) is 44.7. The minimum atomic E-state index is -0.542. The molecule has 10 aromatic carbocycles. The Morgan fingerprint density at radius 2 is 0.827 bits per heavy atom. The van der Waals surface area contributed by atoms with Gasteiger partial charge in [0.1, 0.15) is 0 Å². The van der Waals surface area contributed by atoms with Crippen LogP contribution in [0.1, 0.15) is 124 Å². The van der Waals surface area contributed by atoms with Crippen LogP contribution in [-0.4, -0.2) is 0 Å². The Hall–Kier alpha value is -8.00. The Morgan fingerprint density at radius 3 is 1.51 bits per heavy atom. The molecular formula is C74H63N. The van der Waals surface area contributed by atoms with E-state index in [1.807, 2.05) is 0 Å². The second-order valence-electron chi connectivity index (χ2n) is 24.6. The highest BCUT2D eigenvalue weighted by Crippen LogP contribution is 2.66. The maximum Gasteiger partial charge on any atom is 0.0726 e. The number of anilines is 3. The van der Waals surface area contributed by atoms with Crippen molar-refractivity contribution in [2.45, 2.75) is 89.4 Å². The number of hydrogen-bond acceptors (Lipinski definition) is 1. The molecule has 14 rings (SSSR count). The molecular weight excluding hydrogens is 903 g/mol. The van der Waals surface area contributed by atoms with Gasteiger partial charge in [-0.15, -0.1) is 0 Å². The largest absolute Gasteiger partial charge is 0.310 e. The van der Waals surface area contributed by atoms with Crippen LogP contribution in [-0.2, 0) is 27.1 Å². The molecule has 0 bridgehead atoms. The molecule has 10 aromatic rings. The van der Waals surface area contributed by atoms with Crippen LogP contribution in [0, 0.1) is 0 Å². The molecule has 0 heterocycles. The average molecular weight is 966 g/mol. The van der Waals surface area contributed by atoms with Crippen LogP contribution in [0.2, 0.25) is 0 Å². The third-order valence-electron chi connectivity index (χ3n) is 18.1. The van der Waals surface area contributed by atoms with Crippen molar-refractivity contribution in [3.63, 3.8) is 0 Å². The van der Waals surface area contributed by atoms with E-state index in [-0.39, 0.29) is 21.7 Å². The molecule has 0 N–H and O–H groups in total. The summed E-state index contributed by atoms with van der Waals surface area (Å²) in [6, 6.07) is 84.2. The van der Waals surface area contributed by atoms with Crippen molar-refractivity contribution >= 4 is 17.1 Å². The fraction of sp³-hybridized carbons (Fsp3) is 0.189. The van der Waals surface area contributed by atoms with Crippen LogP contribution in [0.3, 0.4) is 0 Å². The molecule has 75 heavy (non-hydrogen) atoms. The molecule has 1 unspecified atom stereocenters. The zero-order chi connectivity index (χ0) is 51.4. The van der Waals surface area contributed by atoms with Crippen LogP contribution in [0.25, 0.3) is 55.6 Å². The molecule has 364 valence electrons. The lowest BCUT2D eigenvalue weighted by Crippen LogP contribution is -2.27. The van der Waals surface area contributed by atoms with Crippen molar-refractivity contribution in [1.29, 1.82) is 0 Å². The summed E-state index contributed by atoms with van der Waals surface area (Å²) in [5.74, 6) is 0. The van der Waals surface area contributed by atoms with Gasteiger partial charge in [0.25, 0.3) is 0 Å². The van der Waals surface area contributed by atoms with Gasteiger partial charge in [0.05, 0.1) is 11.1 Å². The summed E-state index contributed by atoms with van der Waals surface area (Å²) in [7, 11) is 0. The Morgan fingerprint density at radius 1 is 0.333 bits per heavy atom. The fourth-order valence-electron chi connectivity index (χ4n) is 14.4. The van der Waals surface area contributed by atoms with Gasteiger partial charge in [0.2, 0.25) is 0 Å². The van der Waals surface area contributed by atoms with E-state index in [0.717, 1.165) is 11.4 Å². The number of rotatable bonds is 5. The van der Waals surface area contributed by atoms with E-state index in [1.54, 1.807) is 0 Å². The monoisotopic (exact) mass is 965 g/mol. The van der Waals surface area contributed by atoms with Gasteiger partial charge in [0.15, 0.2) is 0 Å². The highest BCUT2D eigenvalue weighted by Gasteiger charge is 2.53. The summed E-state index contributed by atoms with van der Waals surface area (Å²) in [4.78, 5) is 2.60. The summed E-state index contributed by atoms with van der Waals surface area (Å²) in [5, 5.41) is 0. The van der Waals surface area contributed by atoms with Crippen LogP contribution < -0.4 is 4.90 Å². The first-order valence-electron chi connectivity index (χ1n) is 27.1. The summed E-state index contributed by atoms with van der Waals surface area (Å²) >= 11 is 0. The number of hydrogen-bond donors (Lipinski definition) is 0. The van der Waals surface area contributed by atoms with Crippen LogP contribution >= 0.6 is 0 Å². The predicted molar refractivity (Wildman–Crippen MR) is 315 cm³/mol. The van der Waals surface area contributed by atoms with Crippen molar-refractivity contribution in [3.05, 3.63) is 280 Å². The number of benzene rings is 10. The van der Waals surface area contributed by atoms with Gasteiger partial charge in [-0.2, -0.15) is 0 Å². The van der Waals surface area contributed by atoms with E-state index in [1.165, 1.54) is 123 Å². The summed E-state index contributed by atoms with van der Waals surface area (Å²) in [6.07, 6.45) is 0. The average Bonchev–Trinajstić information content (AvgIpc) is 4.28. The van der Waals surface area contributed by atoms with Gasteiger partial charge in [0, 0.05) is 27.8 Å². The van der Waals surface area contributed by atoms with Gasteiger partial charge in [-0.3, -0.25) is 0 Å². The molecule has 0 fully saturated rings. The van der Waals surface area contributed by atoms with Gasteiger partial charge >= 0.3 is 0 Å². The highest BCUT2D eigenvalue weighted by atomic mass is 15.1. The van der Waals surface area contributed by atoms with E-state index >= 15 is 0 Å². The Labute approximate surface area is 444 Å². The zero-order valence-corrected chi connectivity index (χ0v) is 44.7. The van der Waals surface area contributed by atoms with E-state index in [4.69, 9.17) is 0 Å². The second-order valence-corrected chi connectivity index (χ2v) is 24.6. The molecule has 0 amide bonds. The van der Waals surface area contributed by atoms with E-state index < -0.39 is 5.41 Å². The molecule has 0 saturated carbocycles. The van der Waals surface area contributed by atoms with Crippen LogP contribution in [0.15, 0.2) is 218 Å².